The number of amides is 1. The Morgan fingerprint density at radius 2 is 1.76 bits per heavy atom. The molecule has 0 saturated carbocycles. The molecule has 4 aromatic rings. The SMILES string of the molecule is CN1CCN(C(=O)c2cccc(Nc3c(Oc4ccc5c(c4)OCO5)cnn(-c4ccc(Cl)c(Cl)c4)c3=O)c2)CC1. The van der Waals surface area contributed by atoms with E-state index in [1.807, 2.05) is 11.9 Å². The molecular weight excluding hydrogens is 569 g/mol. The largest absolute Gasteiger partial charge is 0.454 e. The number of nitrogens with one attached hydrogen (secondary N) is 1. The van der Waals surface area contributed by atoms with E-state index in [-0.39, 0.29) is 29.2 Å². The molecule has 1 aromatic heterocycles. The van der Waals surface area contributed by atoms with Crippen LogP contribution in [-0.2, 0) is 0 Å². The van der Waals surface area contributed by atoms with Crippen molar-refractivity contribution in [2.45, 2.75) is 0 Å². The topological polar surface area (TPSA) is 98.2 Å². The molecule has 1 fully saturated rings. The number of aromatic nitrogens is 2. The predicted molar refractivity (Wildman–Crippen MR) is 156 cm³/mol. The first-order chi connectivity index (χ1) is 19.9. The number of nitrogens with zero attached hydrogens (tertiary/aromatic N) is 4. The molecule has 0 unspecified atom stereocenters. The van der Waals surface area contributed by atoms with Gasteiger partial charge in [-0.15, -0.1) is 0 Å². The summed E-state index contributed by atoms with van der Waals surface area (Å²) in [6.07, 6.45) is 1.43. The Hall–Kier alpha value is -4.25. The maximum atomic E-state index is 13.8. The third-order valence-electron chi connectivity index (χ3n) is 6.83. The standard InChI is InChI=1S/C29H25Cl2N5O5/c1-34-9-11-35(12-10-34)28(37)18-3-2-4-19(13-18)33-27-26(41-21-6-8-24-25(15-21)40-17-39-24)16-32-36(29(27)38)20-5-7-22(30)23(31)14-20/h2-8,13-16,33H,9-12,17H2,1H3. The van der Waals surface area contributed by atoms with Crippen molar-refractivity contribution in [1.29, 1.82) is 0 Å². The number of fused-ring (bicyclic) bond motifs is 1. The summed E-state index contributed by atoms with van der Waals surface area (Å²) in [7, 11) is 2.04. The van der Waals surface area contributed by atoms with Crippen molar-refractivity contribution in [2.24, 2.45) is 0 Å². The van der Waals surface area contributed by atoms with Crippen LogP contribution in [-0.4, -0.2) is 65.5 Å². The van der Waals surface area contributed by atoms with E-state index in [2.05, 4.69) is 15.3 Å². The van der Waals surface area contributed by atoms with Crippen molar-refractivity contribution < 1.29 is 19.0 Å². The number of carbonyl (C=O) groups is 1. The molecule has 3 aromatic carbocycles. The lowest BCUT2D eigenvalue weighted by Gasteiger charge is -2.32. The Morgan fingerprint density at radius 1 is 0.951 bits per heavy atom. The van der Waals surface area contributed by atoms with Crippen LogP contribution in [0.5, 0.6) is 23.0 Å². The number of anilines is 2. The smallest absolute Gasteiger partial charge is 0.299 e. The predicted octanol–water partition coefficient (Wildman–Crippen LogP) is 5.19. The lowest BCUT2D eigenvalue weighted by atomic mass is 10.1. The molecule has 0 aliphatic carbocycles. The average Bonchev–Trinajstić information content (AvgIpc) is 3.45. The fraction of sp³-hybridized carbons (Fsp3) is 0.207. The molecule has 210 valence electrons. The molecule has 0 spiro atoms. The van der Waals surface area contributed by atoms with Crippen LogP contribution in [0, 0.1) is 0 Å². The van der Waals surface area contributed by atoms with Crippen molar-refractivity contribution in [1.82, 2.24) is 19.6 Å². The van der Waals surface area contributed by atoms with Crippen molar-refractivity contribution >= 4 is 40.5 Å². The molecular formula is C29H25Cl2N5O5. The van der Waals surface area contributed by atoms with Crippen molar-refractivity contribution in [3.05, 3.63) is 92.8 Å². The Labute approximate surface area is 245 Å². The molecule has 2 aliphatic rings. The van der Waals surface area contributed by atoms with Gasteiger partial charge in [0.2, 0.25) is 6.79 Å². The minimum atomic E-state index is -0.502. The fourth-order valence-electron chi connectivity index (χ4n) is 4.57. The van der Waals surface area contributed by atoms with Crippen LogP contribution in [0.2, 0.25) is 10.0 Å². The van der Waals surface area contributed by atoms with Gasteiger partial charge >= 0.3 is 0 Å². The van der Waals surface area contributed by atoms with E-state index in [0.717, 1.165) is 13.1 Å². The molecule has 1 N–H and O–H groups in total. The first kappa shape index (κ1) is 26.9. The summed E-state index contributed by atoms with van der Waals surface area (Å²) in [6, 6.07) is 16.9. The number of hydrogen-bond donors (Lipinski definition) is 1. The summed E-state index contributed by atoms with van der Waals surface area (Å²) in [6.45, 7) is 3.06. The summed E-state index contributed by atoms with van der Waals surface area (Å²) in [5.74, 6) is 1.65. The summed E-state index contributed by atoms with van der Waals surface area (Å²) >= 11 is 12.3. The van der Waals surface area contributed by atoms with E-state index in [9.17, 15) is 9.59 Å². The minimum absolute atomic E-state index is 0.0680. The van der Waals surface area contributed by atoms with Crippen LogP contribution in [0.1, 0.15) is 10.4 Å². The maximum absolute atomic E-state index is 13.8. The van der Waals surface area contributed by atoms with Gasteiger partial charge < -0.3 is 29.3 Å². The Balaban J connectivity index is 1.36. The average molecular weight is 594 g/mol. The molecule has 1 amide bonds. The summed E-state index contributed by atoms with van der Waals surface area (Å²) in [5, 5.41) is 8.12. The van der Waals surface area contributed by atoms with Gasteiger partial charge in [0.25, 0.3) is 11.5 Å². The lowest BCUT2D eigenvalue weighted by molar-refractivity contribution is 0.0664. The zero-order valence-electron chi connectivity index (χ0n) is 22.0. The Morgan fingerprint density at radius 3 is 2.56 bits per heavy atom. The van der Waals surface area contributed by atoms with Crippen molar-refractivity contribution in [3.63, 3.8) is 0 Å². The molecule has 3 heterocycles. The van der Waals surface area contributed by atoms with Gasteiger partial charge in [-0.25, -0.2) is 0 Å². The number of hydrogen-bond acceptors (Lipinski definition) is 8. The van der Waals surface area contributed by atoms with Crippen molar-refractivity contribution in [3.8, 4) is 28.7 Å². The van der Waals surface area contributed by atoms with Crippen LogP contribution < -0.4 is 25.1 Å². The van der Waals surface area contributed by atoms with Gasteiger partial charge in [-0.3, -0.25) is 9.59 Å². The number of likely N-dealkylation sites (N-methyl/N-ethyl adjacent to an activating group) is 1. The first-order valence-corrected chi connectivity index (χ1v) is 13.6. The number of piperazine rings is 1. The van der Waals surface area contributed by atoms with E-state index in [4.69, 9.17) is 37.4 Å². The van der Waals surface area contributed by atoms with Gasteiger partial charge in [0.15, 0.2) is 22.9 Å². The Kier molecular flexibility index (Phi) is 7.44. The molecule has 0 radical (unpaired) electrons. The second kappa shape index (κ2) is 11.3. The van der Waals surface area contributed by atoms with Gasteiger partial charge in [0.1, 0.15) is 5.75 Å². The summed E-state index contributed by atoms with van der Waals surface area (Å²) in [4.78, 5) is 31.1. The zero-order valence-corrected chi connectivity index (χ0v) is 23.5. The second-order valence-electron chi connectivity index (χ2n) is 9.62. The first-order valence-electron chi connectivity index (χ1n) is 12.9. The number of benzene rings is 3. The molecule has 2 aliphatic heterocycles. The van der Waals surface area contributed by atoms with E-state index >= 15 is 0 Å². The molecule has 12 heteroatoms. The fourth-order valence-corrected chi connectivity index (χ4v) is 4.86. The van der Waals surface area contributed by atoms with Crippen LogP contribution in [0.15, 0.2) is 71.7 Å². The van der Waals surface area contributed by atoms with E-state index < -0.39 is 5.56 Å². The minimum Gasteiger partial charge on any atom is -0.454 e. The highest BCUT2D eigenvalue weighted by molar-refractivity contribution is 6.42. The third kappa shape index (κ3) is 5.67. The van der Waals surface area contributed by atoms with E-state index in [1.54, 1.807) is 60.7 Å². The highest BCUT2D eigenvalue weighted by Gasteiger charge is 2.22. The van der Waals surface area contributed by atoms with Crippen LogP contribution in [0.4, 0.5) is 11.4 Å². The maximum Gasteiger partial charge on any atom is 0.299 e. The van der Waals surface area contributed by atoms with Gasteiger partial charge in [0.05, 0.1) is 21.9 Å². The molecule has 0 bridgehead atoms. The quantitative estimate of drug-likeness (QED) is 0.326. The monoisotopic (exact) mass is 593 g/mol. The van der Waals surface area contributed by atoms with Crippen LogP contribution >= 0.6 is 23.2 Å². The normalized spacial score (nSPS) is 14.7. The van der Waals surface area contributed by atoms with Gasteiger partial charge in [-0.1, -0.05) is 29.3 Å². The zero-order chi connectivity index (χ0) is 28.5. The van der Waals surface area contributed by atoms with Gasteiger partial charge in [-0.2, -0.15) is 9.78 Å². The van der Waals surface area contributed by atoms with Gasteiger partial charge in [0, 0.05) is 43.5 Å². The number of rotatable bonds is 6. The molecule has 0 atom stereocenters. The summed E-state index contributed by atoms with van der Waals surface area (Å²) < 4.78 is 18.1. The molecule has 1 saturated heterocycles. The highest BCUT2D eigenvalue weighted by Crippen LogP contribution is 2.38. The second-order valence-corrected chi connectivity index (χ2v) is 10.4. The third-order valence-corrected chi connectivity index (χ3v) is 7.57. The molecule has 10 nitrogen and oxygen atoms in total. The number of halogens is 2. The van der Waals surface area contributed by atoms with E-state index in [1.165, 1.54) is 10.9 Å². The molecule has 41 heavy (non-hydrogen) atoms. The van der Waals surface area contributed by atoms with Gasteiger partial charge in [-0.05, 0) is 55.6 Å². The lowest BCUT2D eigenvalue weighted by Crippen LogP contribution is -2.47. The molecule has 6 rings (SSSR count). The van der Waals surface area contributed by atoms with Crippen LogP contribution in [0.3, 0.4) is 0 Å². The van der Waals surface area contributed by atoms with Crippen molar-refractivity contribution in [2.75, 3.05) is 45.3 Å². The van der Waals surface area contributed by atoms with Crippen LogP contribution in [0.25, 0.3) is 5.69 Å². The highest BCUT2D eigenvalue weighted by atomic mass is 35.5. The number of ether oxygens (including phenoxy) is 3. The summed E-state index contributed by atoms with van der Waals surface area (Å²) in [5.41, 5.74) is 1.06. The Bertz CT molecular complexity index is 1690. The van der Waals surface area contributed by atoms with E-state index in [0.29, 0.717) is 52.3 Å². The number of carbonyl (C=O) groups excluding carboxylic acids is 1.